The van der Waals surface area contributed by atoms with Crippen molar-refractivity contribution in [2.24, 2.45) is 5.41 Å². The van der Waals surface area contributed by atoms with E-state index in [4.69, 9.17) is 4.74 Å². The van der Waals surface area contributed by atoms with Crippen LogP contribution in [0.1, 0.15) is 77.1 Å². The van der Waals surface area contributed by atoms with Crippen LogP contribution in [-0.2, 0) is 17.7 Å². The standard InChI is InChI=1S/C21H34N2O2/c1-20(2,3)14-22-13-15-10-11-17-16(12-15)8-7-9-18(17)23-19(24)25-21(4,5)6/h10-12,18,22H,7-9,13-14H2,1-6H3,(H,23,24). The number of carbonyl (C=O) groups excluding carboxylic acids is 1. The zero-order valence-electron chi connectivity index (χ0n) is 16.7. The molecule has 4 heteroatoms. The number of aryl methyl sites for hydroxylation is 1. The number of ether oxygens (including phenoxy) is 1. The second-order valence-corrected chi connectivity index (χ2v) is 9.29. The van der Waals surface area contributed by atoms with E-state index < -0.39 is 5.60 Å². The molecule has 4 nitrogen and oxygen atoms in total. The lowest BCUT2D eigenvalue weighted by Gasteiger charge is -2.28. The van der Waals surface area contributed by atoms with E-state index in [0.29, 0.717) is 0 Å². The van der Waals surface area contributed by atoms with Gasteiger partial charge in [0.1, 0.15) is 5.60 Å². The van der Waals surface area contributed by atoms with Crippen molar-refractivity contribution >= 4 is 6.09 Å². The number of benzene rings is 1. The number of alkyl carbamates (subject to hydrolysis) is 1. The molecule has 0 spiro atoms. The van der Waals surface area contributed by atoms with Gasteiger partial charge in [-0.15, -0.1) is 0 Å². The number of nitrogens with one attached hydrogen (secondary N) is 2. The highest BCUT2D eigenvalue weighted by molar-refractivity contribution is 5.68. The van der Waals surface area contributed by atoms with Crippen molar-refractivity contribution in [3.8, 4) is 0 Å². The Labute approximate surface area is 152 Å². The van der Waals surface area contributed by atoms with Crippen LogP contribution in [-0.4, -0.2) is 18.2 Å². The quantitative estimate of drug-likeness (QED) is 0.829. The van der Waals surface area contributed by atoms with Gasteiger partial charge in [-0.2, -0.15) is 0 Å². The molecule has 25 heavy (non-hydrogen) atoms. The maximum Gasteiger partial charge on any atom is 0.408 e. The summed E-state index contributed by atoms with van der Waals surface area (Å²) < 4.78 is 5.40. The minimum atomic E-state index is -0.468. The fourth-order valence-electron chi connectivity index (χ4n) is 3.16. The summed E-state index contributed by atoms with van der Waals surface area (Å²) in [5, 5.41) is 6.57. The number of fused-ring (bicyclic) bond motifs is 1. The number of rotatable bonds is 4. The Bertz CT molecular complexity index is 597. The monoisotopic (exact) mass is 346 g/mol. The van der Waals surface area contributed by atoms with Crippen LogP contribution in [0.5, 0.6) is 0 Å². The normalized spacial score (nSPS) is 17.8. The first-order valence-corrected chi connectivity index (χ1v) is 9.35. The lowest BCUT2D eigenvalue weighted by atomic mass is 9.86. The van der Waals surface area contributed by atoms with E-state index in [1.807, 2.05) is 20.8 Å². The van der Waals surface area contributed by atoms with Crippen LogP contribution >= 0.6 is 0 Å². The molecular weight excluding hydrogens is 312 g/mol. The molecule has 2 rings (SSSR count). The van der Waals surface area contributed by atoms with E-state index in [1.165, 1.54) is 16.7 Å². The maximum absolute atomic E-state index is 12.1. The topological polar surface area (TPSA) is 50.4 Å². The molecule has 1 atom stereocenters. The third kappa shape index (κ3) is 6.69. The number of hydrogen-bond donors (Lipinski definition) is 2. The first kappa shape index (κ1) is 19.8. The summed E-state index contributed by atoms with van der Waals surface area (Å²) in [6.45, 7) is 14.2. The molecule has 0 bridgehead atoms. The van der Waals surface area contributed by atoms with Crippen LogP contribution in [0.3, 0.4) is 0 Å². The molecule has 0 heterocycles. The number of carbonyl (C=O) groups is 1. The van der Waals surface area contributed by atoms with E-state index >= 15 is 0 Å². The van der Waals surface area contributed by atoms with Gasteiger partial charge in [-0.3, -0.25) is 0 Å². The van der Waals surface area contributed by atoms with Gasteiger partial charge in [-0.25, -0.2) is 4.79 Å². The van der Waals surface area contributed by atoms with E-state index in [9.17, 15) is 4.79 Å². The van der Waals surface area contributed by atoms with Crippen LogP contribution < -0.4 is 10.6 Å². The zero-order chi connectivity index (χ0) is 18.7. The summed E-state index contributed by atoms with van der Waals surface area (Å²) in [4.78, 5) is 12.1. The molecule has 0 aromatic heterocycles. The van der Waals surface area contributed by atoms with E-state index in [1.54, 1.807) is 0 Å². The molecule has 0 fully saturated rings. The molecular formula is C21H34N2O2. The summed E-state index contributed by atoms with van der Waals surface area (Å²) in [6, 6.07) is 6.68. The van der Waals surface area contributed by atoms with Gasteiger partial charge >= 0.3 is 6.09 Å². The SMILES string of the molecule is CC(C)(C)CNCc1ccc2c(c1)CCCC2NC(=O)OC(C)(C)C. The van der Waals surface area contributed by atoms with Gasteiger partial charge in [0.2, 0.25) is 0 Å². The number of hydrogen-bond acceptors (Lipinski definition) is 3. The Kier molecular flexibility index (Phi) is 6.15. The van der Waals surface area contributed by atoms with E-state index in [0.717, 1.165) is 32.4 Å². The zero-order valence-corrected chi connectivity index (χ0v) is 16.7. The first-order valence-electron chi connectivity index (χ1n) is 9.35. The minimum absolute atomic E-state index is 0.0511. The lowest BCUT2D eigenvalue weighted by molar-refractivity contribution is 0.0498. The second kappa shape index (κ2) is 7.77. The van der Waals surface area contributed by atoms with Crippen molar-refractivity contribution in [1.82, 2.24) is 10.6 Å². The molecule has 0 saturated heterocycles. The largest absolute Gasteiger partial charge is 0.444 e. The average molecular weight is 347 g/mol. The molecule has 140 valence electrons. The van der Waals surface area contributed by atoms with E-state index in [-0.39, 0.29) is 17.6 Å². The molecule has 1 aromatic rings. The molecule has 0 saturated carbocycles. The van der Waals surface area contributed by atoms with Gasteiger partial charge in [0, 0.05) is 13.1 Å². The molecule has 1 amide bonds. The van der Waals surface area contributed by atoms with Gasteiger partial charge in [0.05, 0.1) is 6.04 Å². The molecule has 0 aliphatic heterocycles. The molecule has 1 unspecified atom stereocenters. The Hall–Kier alpha value is -1.55. The average Bonchev–Trinajstić information content (AvgIpc) is 2.44. The van der Waals surface area contributed by atoms with Crippen molar-refractivity contribution in [3.05, 3.63) is 34.9 Å². The van der Waals surface area contributed by atoms with Crippen molar-refractivity contribution < 1.29 is 9.53 Å². The van der Waals surface area contributed by atoms with Crippen molar-refractivity contribution in [2.45, 2.75) is 79.0 Å². The Balaban J connectivity index is 2.00. The van der Waals surface area contributed by atoms with Crippen LogP contribution in [0, 0.1) is 5.41 Å². The molecule has 1 aliphatic carbocycles. The van der Waals surface area contributed by atoms with Crippen LogP contribution in [0.25, 0.3) is 0 Å². The fourth-order valence-corrected chi connectivity index (χ4v) is 3.16. The van der Waals surface area contributed by atoms with Gasteiger partial charge < -0.3 is 15.4 Å². The highest BCUT2D eigenvalue weighted by atomic mass is 16.6. The predicted molar refractivity (Wildman–Crippen MR) is 103 cm³/mol. The van der Waals surface area contributed by atoms with Crippen LogP contribution in [0.2, 0.25) is 0 Å². The van der Waals surface area contributed by atoms with Crippen molar-refractivity contribution in [3.63, 3.8) is 0 Å². The predicted octanol–water partition coefficient (Wildman–Crippen LogP) is 4.72. The first-order chi connectivity index (χ1) is 11.5. The maximum atomic E-state index is 12.1. The smallest absolute Gasteiger partial charge is 0.408 e. The van der Waals surface area contributed by atoms with Crippen LogP contribution in [0.15, 0.2) is 18.2 Å². The molecule has 0 radical (unpaired) electrons. The molecule has 2 N–H and O–H groups in total. The number of amides is 1. The Morgan fingerprint density at radius 3 is 2.56 bits per heavy atom. The summed E-state index contributed by atoms with van der Waals surface area (Å²) >= 11 is 0. The third-order valence-corrected chi connectivity index (χ3v) is 4.20. The van der Waals surface area contributed by atoms with Gasteiger partial charge in [0.15, 0.2) is 0 Å². The molecule has 1 aromatic carbocycles. The third-order valence-electron chi connectivity index (χ3n) is 4.20. The molecule has 1 aliphatic rings. The summed E-state index contributed by atoms with van der Waals surface area (Å²) in [7, 11) is 0. The Morgan fingerprint density at radius 2 is 1.92 bits per heavy atom. The summed E-state index contributed by atoms with van der Waals surface area (Å²) in [5.41, 5.74) is 3.71. The van der Waals surface area contributed by atoms with Gasteiger partial charge in [-0.1, -0.05) is 39.0 Å². The second-order valence-electron chi connectivity index (χ2n) is 9.29. The van der Waals surface area contributed by atoms with Gasteiger partial charge in [0.25, 0.3) is 0 Å². The highest BCUT2D eigenvalue weighted by Gasteiger charge is 2.24. The Morgan fingerprint density at radius 1 is 1.20 bits per heavy atom. The summed E-state index contributed by atoms with van der Waals surface area (Å²) in [5.74, 6) is 0. The summed E-state index contributed by atoms with van der Waals surface area (Å²) in [6.07, 6.45) is 2.80. The van der Waals surface area contributed by atoms with Crippen molar-refractivity contribution in [2.75, 3.05) is 6.54 Å². The van der Waals surface area contributed by atoms with Crippen LogP contribution in [0.4, 0.5) is 4.79 Å². The van der Waals surface area contributed by atoms with Crippen molar-refractivity contribution in [1.29, 1.82) is 0 Å². The van der Waals surface area contributed by atoms with Gasteiger partial charge in [-0.05, 0) is 62.1 Å². The lowest BCUT2D eigenvalue weighted by Crippen LogP contribution is -2.36. The minimum Gasteiger partial charge on any atom is -0.444 e. The highest BCUT2D eigenvalue weighted by Crippen LogP contribution is 2.30. The van der Waals surface area contributed by atoms with E-state index in [2.05, 4.69) is 49.6 Å². The fraction of sp³-hybridized carbons (Fsp3) is 0.667.